The molecule has 4 nitrogen and oxygen atoms in total. The Balaban J connectivity index is 2.10. The van der Waals surface area contributed by atoms with Crippen LogP contribution in [-0.2, 0) is 0 Å². The van der Waals surface area contributed by atoms with E-state index < -0.39 is 0 Å². The Hall–Kier alpha value is -0.970. The molecule has 0 spiro atoms. The van der Waals surface area contributed by atoms with Crippen molar-refractivity contribution in [2.75, 3.05) is 36.6 Å². The lowest BCUT2D eigenvalue weighted by atomic mass is 9.75. The van der Waals surface area contributed by atoms with Gasteiger partial charge >= 0.3 is 0 Å². The number of anilines is 2. The van der Waals surface area contributed by atoms with Crippen molar-refractivity contribution in [1.29, 1.82) is 0 Å². The van der Waals surface area contributed by atoms with E-state index in [1.165, 1.54) is 12.8 Å². The zero-order valence-corrected chi connectivity index (χ0v) is 14.0. The van der Waals surface area contributed by atoms with Crippen LogP contribution in [-0.4, -0.2) is 36.4 Å². The van der Waals surface area contributed by atoms with Gasteiger partial charge in [-0.2, -0.15) is 0 Å². The Kier molecular flexibility index (Phi) is 4.78. The zero-order valence-electron chi connectivity index (χ0n) is 13.2. The second kappa shape index (κ2) is 6.20. The van der Waals surface area contributed by atoms with Gasteiger partial charge in [-0.15, -0.1) is 0 Å². The van der Waals surface area contributed by atoms with Gasteiger partial charge in [0, 0.05) is 26.2 Å². The van der Waals surface area contributed by atoms with E-state index >= 15 is 0 Å². The van der Waals surface area contributed by atoms with Crippen molar-refractivity contribution in [2.45, 2.75) is 38.8 Å². The number of nitrogens with zero attached hydrogens (tertiary/aromatic N) is 3. The van der Waals surface area contributed by atoms with Crippen molar-refractivity contribution in [3.63, 3.8) is 0 Å². The van der Waals surface area contributed by atoms with Gasteiger partial charge in [-0.05, 0) is 30.4 Å². The second-order valence-electron chi connectivity index (χ2n) is 6.48. The van der Waals surface area contributed by atoms with Gasteiger partial charge in [0.15, 0.2) is 5.16 Å². The van der Waals surface area contributed by atoms with Crippen molar-refractivity contribution >= 4 is 23.4 Å². The van der Waals surface area contributed by atoms with Crippen LogP contribution in [0.2, 0.25) is 0 Å². The average molecular weight is 294 g/mol. The first-order valence-corrected chi connectivity index (χ1v) is 8.52. The maximum atomic E-state index is 4.65. The number of rotatable bonds is 3. The van der Waals surface area contributed by atoms with Gasteiger partial charge in [0.05, 0.1) is 0 Å². The maximum absolute atomic E-state index is 4.65. The Morgan fingerprint density at radius 3 is 2.40 bits per heavy atom. The molecule has 0 bridgehead atoms. The summed E-state index contributed by atoms with van der Waals surface area (Å²) >= 11 is 1.59. The summed E-state index contributed by atoms with van der Waals surface area (Å²) in [6, 6.07) is 2.05. The average Bonchev–Trinajstić information content (AvgIpc) is 2.46. The normalized spacial score (nSPS) is 17.4. The number of hydrogen-bond donors (Lipinski definition) is 1. The third kappa shape index (κ3) is 3.57. The zero-order chi connectivity index (χ0) is 14.8. The van der Waals surface area contributed by atoms with Crippen LogP contribution in [0.1, 0.15) is 33.6 Å². The standard InChI is InChI=1S/C15H26N4S/c1-15(2,3)11-6-8-19(9-7-11)13-10-12(16-4)17-14(18-13)20-5/h10-11H,6-9H2,1-5H3,(H,16,17,18). The van der Waals surface area contributed by atoms with E-state index in [4.69, 9.17) is 0 Å². The van der Waals surface area contributed by atoms with Crippen molar-refractivity contribution < 1.29 is 0 Å². The maximum Gasteiger partial charge on any atom is 0.191 e. The van der Waals surface area contributed by atoms with E-state index in [1.54, 1.807) is 11.8 Å². The highest BCUT2D eigenvalue weighted by Gasteiger charge is 2.29. The smallest absolute Gasteiger partial charge is 0.191 e. The van der Waals surface area contributed by atoms with E-state index in [2.05, 4.69) is 47.0 Å². The molecule has 5 heteroatoms. The number of hydrogen-bond acceptors (Lipinski definition) is 5. The van der Waals surface area contributed by atoms with Crippen molar-refractivity contribution in [3.05, 3.63) is 6.07 Å². The summed E-state index contributed by atoms with van der Waals surface area (Å²) in [5, 5.41) is 3.96. The Morgan fingerprint density at radius 2 is 1.90 bits per heavy atom. The second-order valence-corrected chi connectivity index (χ2v) is 7.25. The molecule has 1 N–H and O–H groups in total. The van der Waals surface area contributed by atoms with Crippen LogP contribution < -0.4 is 10.2 Å². The van der Waals surface area contributed by atoms with Gasteiger partial charge in [-0.1, -0.05) is 32.5 Å². The van der Waals surface area contributed by atoms with Crippen LogP contribution in [0.15, 0.2) is 11.2 Å². The molecule has 20 heavy (non-hydrogen) atoms. The highest BCUT2D eigenvalue weighted by atomic mass is 32.2. The fourth-order valence-electron chi connectivity index (χ4n) is 2.77. The molecule has 1 aliphatic heterocycles. The van der Waals surface area contributed by atoms with Crippen LogP contribution in [0, 0.1) is 11.3 Å². The molecule has 112 valence electrons. The first-order valence-electron chi connectivity index (χ1n) is 7.30. The van der Waals surface area contributed by atoms with Crippen molar-refractivity contribution in [3.8, 4) is 0 Å². The molecular formula is C15H26N4S. The van der Waals surface area contributed by atoms with Gasteiger partial charge in [0.2, 0.25) is 0 Å². The molecule has 1 aliphatic rings. The first kappa shape index (κ1) is 15.4. The molecule has 2 rings (SSSR count). The Bertz CT molecular complexity index is 425. The molecule has 0 radical (unpaired) electrons. The predicted octanol–water partition coefficient (Wildman–Crippen LogP) is 3.50. The highest BCUT2D eigenvalue weighted by molar-refractivity contribution is 7.98. The van der Waals surface area contributed by atoms with Crippen LogP contribution >= 0.6 is 11.8 Å². The SMILES string of the molecule is CNc1cc(N2CCC(C(C)(C)C)CC2)nc(SC)n1. The molecular weight excluding hydrogens is 268 g/mol. The number of thioether (sulfide) groups is 1. The van der Waals surface area contributed by atoms with E-state index in [-0.39, 0.29) is 0 Å². The van der Waals surface area contributed by atoms with Crippen molar-refractivity contribution in [2.24, 2.45) is 11.3 Å². The number of nitrogens with one attached hydrogen (secondary N) is 1. The van der Waals surface area contributed by atoms with Crippen LogP contribution in [0.5, 0.6) is 0 Å². The molecule has 0 unspecified atom stereocenters. The van der Waals surface area contributed by atoms with Gasteiger partial charge in [-0.3, -0.25) is 0 Å². The lowest BCUT2D eigenvalue weighted by Crippen LogP contribution is -2.38. The van der Waals surface area contributed by atoms with Gasteiger partial charge < -0.3 is 10.2 Å². The topological polar surface area (TPSA) is 41.0 Å². The molecule has 2 heterocycles. The summed E-state index contributed by atoms with van der Waals surface area (Å²) in [6.45, 7) is 9.24. The van der Waals surface area contributed by atoms with E-state index in [0.29, 0.717) is 5.41 Å². The molecule has 1 saturated heterocycles. The molecule has 0 atom stereocenters. The molecule has 0 amide bonds. The van der Waals surface area contributed by atoms with Gasteiger partial charge in [0.1, 0.15) is 11.6 Å². The van der Waals surface area contributed by atoms with E-state index in [1.807, 2.05) is 13.3 Å². The summed E-state index contributed by atoms with van der Waals surface area (Å²) in [5.74, 6) is 2.77. The van der Waals surface area contributed by atoms with Gasteiger partial charge in [0.25, 0.3) is 0 Å². The fourth-order valence-corrected chi connectivity index (χ4v) is 3.14. The minimum absolute atomic E-state index is 0.415. The molecule has 0 aromatic carbocycles. The Morgan fingerprint density at radius 1 is 1.25 bits per heavy atom. The highest BCUT2D eigenvalue weighted by Crippen LogP contribution is 2.35. The molecule has 1 fully saturated rings. The largest absolute Gasteiger partial charge is 0.373 e. The summed E-state index contributed by atoms with van der Waals surface area (Å²) in [4.78, 5) is 11.5. The summed E-state index contributed by atoms with van der Waals surface area (Å²) in [7, 11) is 1.90. The fraction of sp³-hybridized carbons (Fsp3) is 0.733. The quantitative estimate of drug-likeness (QED) is 0.682. The summed E-state index contributed by atoms with van der Waals surface area (Å²) in [5.41, 5.74) is 0.415. The van der Waals surface area contributed by atoms with Crippen LogP contribution in [0.4, 0.5) is 11.6 Å². The van der Waals surface area contributed by atoms with Gasteiger partial charge in [-0.25, -0.2) is 9.97 Å². The van der Waals surface area contributed by atoms with E-state index in [9.17, 15) is 0 Å². The minimum Gasteiger partial charge on any atom is -0.373 e. The first-order chi connectivity index (χ1) is 9.44. The number of aromatic nitrogens is 2. The predicted molar refractivity (Wildman–Crippen MR) is 87.8 cm³/mol. The molecule has 1 aromatic rings. The molecule has 1 aromatic heterocycles. The summed E-state index contributed by atoms with van der Waals surface area (Å²) < 4.78 is 0. The minimum atomic E-state index is 0.415. The Labute approximate surface area is 126 Å². The molecule has 0 saturated carbocycles. The molecule has 0 aliphatic carbocycles. The third-order valence-electron chi connectivity index (χ3n) is 4.17. The lowest BCUT2D eigenvalue weighted by Gasteiger charge is -2.39. The monoisotopic (exact) mass is 294 g/mol. The summed E-state index contributed by atoms with van der Waals surface area (Å²) in [6.07, 6.45) is 4.51. The third-order valence-corrected chi connectivity index (χ3v) is 4.72. The van der Waals surface area contributed by atoms with Crippen molar-refractivity contribution in [1.82, 2.24) is 9.97 Å². The number of piperidine rings is 1. The van der Waals surface area contributed by atoms with E-state index in [0.717, 1.165) is 35.8 Å². The van der Waals surface area contributed by atoms with Crippen LogP contribution in [0.25, 0.3) is 0 Å². The lowest BCUT2D eigenvalue weighted by molar-refractivity contribution is 0.198. The van der Waals surface area contributed by atoms with Crippen LogP contribution in [0.3, 0.4) is 0 Å².